The number of pyridine rings is 1. The molecule has 1 aromatic heterocycles. The van der Waals surface area contributed by atoms with E-state index in [9.17, 15) is 0 Å². The second kappa shape index (κ2) is 3.73. The van der Waals surface area contributed by atoms with Crippen molar-refractivity contribution >= 4 is 34.1 Å². The van der Waals surface area contributed by atoms with Crippen LogP contribution in [-0.2, 0) is 6.54 Å². The van der Waals surface area contributed by atoms with Crippen molar-refractivity contribution in [2.45, 2.75) is 6.54 Å². The molecule has 4 heteroatoms. The molecular formula is C10H8Cl2N2. The van der Waals surface area contributed by atoms with E-state index in [0.717, 1.165) is 16.5 Å². The molecule has 0 bridgehead atoms. The zero-order chi connectivity index (χ0) is 10.1. The van der Waals surface area contributed by atoms with Gasteiger partial charge in [-0.2, -0.15) is 0 Å². The fourth-order valence-electron chi connectivity index (χ4n) is 1.35. The van der Waals surface area contributed by atoms with E-state index in [4.69, 9.17) is 28.9 Å². The predicted octanol–water partition coefficient (Wildman–Crippen LogP) is 3.00. The molecule has 0 unspecified atom stereocenters. The summed E-state index contributed by atoms with van der Waals surface area (Å²) in [6.45, 7) is 0.428. The van der Waals surface area contributed by atoms with Crippen LogP contribution in [0.2, 0.25) is 10.2 Å². The lowest BCUT2D eigenvalue weighted by Gasteiger charge is -2.04. The number of benzene rings is 1. The van der Waals surface area contributed by atoms with Crippen LogP contribution in [0.25, 0.3) is 10.9 Å². The molecule has 0 saturated carbocycles. The molecule has 14 heavy (non-hydrogen) atoms. The van der Waals surface area contributed by atoms with Gasteiger partial charge in [0.15, 0.2) is 0 Å². The predicted molar refractivity (Wildman–Crippen MR) is 59.7 cm³/mol. The standard InChI is InChI=1S/C10H8Cl2N2/c11-9-4-2-7-8(14-9)3-1-6(5-13)10(7)12/h1-4H,5,13H2. The molecule has 1 aromatic carbocycles. The number of fused-ring (bicyclic) bond motifs is 1. The highest BCUT2D eigenvalue weighted by Crippen LogP contribution is 2.26. The lowest BCUT2D eigenvalue weighted by molar-refractivity contribution is 1.07. The van der Waals surface area contributed by atoms with Gasteiger partial charge in [-0.1, -0.05) is 29.3 Å². The van der Waals surface area contributed by atoms with Crippen molar-refractivity contribution in [3.8, 4) is 0 Å². The molecule has 2 rings (SSSR count). The molecule has 1 heterocycles. The summed E-state index contributed by atoms with van der Waals surface area (Å²) in [5, 5.41) is 2.02. The summed E-state index contributed by atoms with van der Waals surface area (Å²) >= 11 is 11.9. The molecular weight excluding hydrogens is 219 g/mol. The number of nitrogens with two attached hydrogens (primary N) is 1. The SMILES string of the molecule is NCc1ccc2nc(Cl)ccc2c1Cl. The molecule has 0 fully saturated rings. The third kappa shape index (κ3) is 1.57. The quantitative estimate of drug-likeness (QED) is 0.760. The van der Waals surface area contributed by atoms with Crippen LogP contribution < -0.4 is 5.73 Å². The second-order valence-corrected chi connectivity index (χ2v) is 3.71. The van der Waals surface area contributed by atoms with Gasteiger partial charge in [-0.15, -0.1) is 0 Å². The van der Waals surface area contributed by atoms with Gasteiger partial charge in [0.2, 0.25) is 0 Å². The van der Waals surface area contributed by atoms with E-state index >= 15 is 0 Å². The summed E-state index contributed by atoms with van der Waals surface area (Å²) in [6.07, 6.45) is 0. The first-order chi connectivity index (χ1) is 6.72. The van der Waals surface area contributed by atoms with Gasteiger partial charge in [-0.3, -0.25) is 0 Å². The van der Waals surface area contributed by atoms with Crippen LogP contribution in [0, 0.1) is 0 Å². The zero-order valence-corrected chi connectivity index (χ0v) is 8.81. The number of hydrogen-bond acceptors (Lipinski definition) is 2. The summed E-state index contributed by atoms with van der Waals surface area (Å²) in [7, 11) is 0. The average molecular weight is 227 g/mol. The number of halogens is 2. The maximum atomic E-state index is 6.13. The van der Waals surface area contributed by atoms with Crippen LogP contribution in [0.4, 0.5) is 0 Å². The van der Waals surface area contributed by atoms with E-state index in [1.165, 1.54) is 0 Å². The Hall–Kier alpha value is -0.830. The third-order valence-corrected chi connectivity index (χ3v) is 2.73. The Morgan fingerprint density at radius 2 is 1.93 bits per heavy atom. The van der Waals surface area contributed by atoms with Gasteiger partial charge in [0.1, 0.15) is 5.15 Å². The summed E-state index contributed by atoms with van der Waals surface area (Å²) in [6, 6.07) is 7.31. The van der Waals surface area contributed by atoms with Gasteiger partial charge in [0, 0.05) is 11.9 Å². The third-order valence-electron chi connectivity index (χ3n) is 2.07. The topological polar surface area (TPSA) is 38.9 Å². The molecule has 0 spiro atoms. The number of aromatic nitrogens is 1. The summed E-state index contributed by atoms with van der Waals surface area (Å²) < 4.78 is 0. The van der Waals surface area contributed by atoms with E-state index in [1.54, 1.807) is 6.07 Å². The highest BCUT2D eigenvalue weighted by Gasteiger charge is 2.05. The highest BCUT2D eigenvalue weighted by molar-refractivity contribution is 6.36. The molecule has 72 valence electrons. The maximum Gasteiger partial charge on any atom is 0.129 e. The Labute approximate surface area is 91.6 Å². The van der Waals surface area contributed by atoms with Crippen molar-refractivity contribution in [2.24, 2.45) is 5.73 Å². The first kappa shape index (κ1) is 9.71. The minimum absolute atomic E-state index is 0.428. The number of hydrogen-bond donors (Lipinski definition) is 1. The summed E-state index contributed by atoms with van der Waals surface area (Å²) in [5.74, 6) is 0. The highest BCUT2D eigenvalue weighted by atomic mass is 35.5. The molecule has 0 aliphatic carbocycles. The van der Waals surface area contributed by atoms with Crippen LogP contribution in [0.5, 0.6) is 0 Å². The second-order valence-electron chi connectivity index (χ2n) is 2.94. The molecule has 2 aromatic rings. The zero-order valence-electron chi connectivity index (χ0n) is 7.30. The molecule has 0 radical (unpaired) electrons. The van der Waals surface area contributed by atoms with Crippen LogP contribution in [-0.4, -0.2) is 4.98 Å². The Balaban J connectivity index is 2.77. The van der Waals surface area contributed by atoms with Crippen LogP contribution >= 0.6 is 23.2 Å². The lowest BCUT2D eigenvalue weighted by atomic mass is 10.1. The first-order valence-corrected chi connectivity index (χ1v) is 4.91. The van der Waals surface area contributed by atoms with E-state index in [0.29, 0.717) is 16.7 Å². The molecule has 0 amide bonds. The lowest BCUT2D eigenvalue weighted by Crippen LogP contribution is -1.97. The number of rotatable bonds is 1. The first-order valence-electron chi connectivity index (χ1n) is 4.16. The molecule has 2 N–H and O–H groups in total. The molecule has 0 atom stereocenters. The van der Waals surface area contributed by atoms with Crippen LogP contribution in [0.3, 0.4) is 0 Å². The largest absolute Gasteiger partial charge is 0.326 e. The van der Waals surface area contributed by atoms with Crippen molar-refractivity contribution in [1.82, 2.24) is 4.98 Å². The van der Waals surface area contributed by atoms with E-state index < -0.39 is 0 Å². The minimum atomic E-state index is 0.428. The fraction of sp³-hybridized carbons (Fsp3) is 0.100. The van der Waals surface area contributed by atoms with Gasteiger partial charge >= 0.3 is 0 Å². The molecule has 0 saturated heterocycles. The van der Waals surface area contributed by atoms with Gasteiger partial charge in [-0.25, -0.2) is 4.98 Å². The van der Waals surface area contributed by atoms with Crippen molar-refractivity contribution in [3.63, 3.8) is 0 Å². The molecule has 0 aliphatic rings. The minimum Gasteiger partial charge on any atom is -0.326 e. The van der Waals surface area contributed by atoms with Crippen molar-refractivity contribution in [2.75, 3.05) is 0 Å². The smallest absolute Gasteiger partial charge is 0.129 e. The van der Waals surface area contributed by atoms with Crippen molar-refractivity contribution in [3.05, 3.63) is 40.0 Å². The Bertz CT molecular complexity index is 483. The monoisotopic (exact) mass is 226 g/mol. The average Bonchev–Trinajstić information content (AvgIpc) is 2.18. The Morgan fingerprint density at radius 3 is 2.64 bits per heavy atom. The maximum absolute atomic E-state index is 6.13. The van der Waals surface area contributed by atoms with Crippen LogP contribution in [0.1, 0.15) is 5.56 Å². The van der Waals surface area contributed by atoms with Crippen molar-refractivity contribution < 1.29 is 0 Å². The van der Waals surface area contributed by atoms with E-state index in [1.807, 2.05) is 18.2 Å². The number of nitrogens with zero attached hydrogens (tertiary/aromatic N) is 1. The van der Waals surface area contributed by atoms with E-state index in [-0.39, 0.29) is 0 Å². The molecule has 2 nitrogen and oxygen atoms in total. The van der Waals surface area contributed by atoms with Crippen LogP contribution in [0.15, 0.2) is 24.3 Å². The summed E-state index contributed by atoms with van der Waals surface area (Å²) in [5.41, 5.74) is 7.25. The Kier molecular flexibility index (Phi) is 2.59. The Morgan fingerprint density at radius 1 is 1.14 bits per heavy atom. The normalized spacial score (nSPS) is 10.8. The van der Waals surface area contributed by atoms with Gasteiger partial charge in [-0.05, 0) is 23.8 Å². The van der Waals surface area contributed by atoms with Gasteiger partial charge in [0.05, 0.1) is 10.5 Å². The van der Waals surface area contributed by atoms with Gasteiger partial charge in [0.25, 0.3) is 0 Å². The van der Waals surface area contributed by atoms with Crippen molar-refractivity contribution in [1.29, 1.82) is 0 Å². The fourth-order valence-corrected chi connectivity index (χ4v) is 1.80. The van der Waals surface area contributed by atoms with E-state index in [2.05, 4.69) is 4.98 Å². The van der Waals surface area contributed by atoms with Gasteiger partial charge < -0.3 is 5.73 Å². The summed E-state index contributed by atoms with van der Waals surface area (Å²) in [4.78, 5) is 4.15. The molecule has 0 aliphatic heterocycles.